The highest BCUT2D eigenvalue weighted by Crippen LogP contribution is 2.31. The van der Waals surface area contributed by atoms with Gasteiger partial charge in [-0.3, -0.25) is 9.59 Å². The molecule has 1 fully saturated rings. The van der Waals surface area contributed by atoms with Crippen LogP contribution in [0.3, 0.4) is 0 Å². The van der Waals surface area contributed by atoms with Crippen LogP contribution in [0, 0.1) is 18.8 Å². The van der Waals surface area contributed by atoms with Gasteiger partial charge in [0.25, 0.3) is 5.91 Å². The Bertz CT molecular complexity index is 1090. The number of likely N-dealkylation sites (tertiary alicyclic amines) is 1. The number of benzene rings is 2. The standard InChI is InChI=1S/C28H33N3O2S/c1-20(26(32)29-17-9-12-22-10-5-3-6-11-22)23-15-18-31(19-16-23)28(33)25-21(2)30-27(34-25)24-13-7-4-8-14-24/h3-8,10-11,13-14,20,23H,9,12,15-19H2,1-2H3,(H,29,32)/t20-/m1/s1. The lowest BCUT2D eigenvalue weighted by atomic mass is 9.84. The zero-order valence-corrected chi connectivity index (χ0v) is 20.8. The fraction of sp³-hybridized carbons (Fsp3) is 0.393. The van der Waals surface area contributed by atoms with Crippen LogP contribution in [0.1, 0.15) is 47.1 Å². The minimum Gasteiger partial charge on any atom is -0.356 e. The summed E-state index contributed by atoms with van der Waals surface area (Å²) in [6, 6.07) is 20.3. The zero-order valence-electron chi connectivity index (χ0n) is 20.0. The molecule has 6 heteroatoms. The molecule has 1 N–H and O–H groups in total. The fourth-order valence-corrected chi connectivity index (χ4v) is 5.61. The van der Waals surface area contributed by atoms with E-state index in [-0.39, 0.29) is 17.7 Å². The van der Waals surface area contributed by atoms with E-state index in [1.165, 1.54) is 16.9 Å². The molecule has 4 rings (SSSR count). The number of amides is 2. The summed E-state index contributed by atoms with van der Waals surface area (Å²) in [6.45, 7) is 6.01. The van der Waals surface area contributed by atoms with Crippen molar-refractivity contribution < 1.29 is 9.59 Å². The van der Waals surface area contributed by atoms with E-state index in [0.717, 1.165) is 46.8 Å². The minimum absolute atomic E-state index is 0.0381. The molecular weight excluding hydrogens is 442 g/mol. The summed E-state index contributed by atoms with van der Waals surface area (Å²) < 4.78 is 0. The lowest BCUT2D eigenvalue weighted by molar-refractivity contribution is -0.126. The summed E-state index contributed by atoms with van der Waals surface area (Å²) in [5.74, 6) is 0.460. The lowest BCUT2D eigenvalue weighted by Crippen LogP contribution is -2.42. The molecule has 2 aromatic carbocycles. The average Bonchev–Trinajstić information content (AvgIpc) is 3.28. The van der Waals surface area contributed by atoms with Gasteiger partial charge in [-0.15, -0.1) is 11.3 Å². The second kappa shape index (κ2) is 11.4. The number of nitrogens with one attached hydrogen (secondary N) is 1. The van der Waals surface area contributed by atoms with Crippen molar-refractivity contribution in [3.05, 3.63) is 76.8 Å². The second-order valence-corrected chi connectivity index (χ2v) is 10.1. The summed E-state index contributed by atoms with van der Waals surface area (Å²) in [5.41, 5.74) is 3.13. The van der Waals surface area contributed by atoms with Crippen LogP contribution >= 0.6 is 11.3 Å². The number of hydrogen-bond acceptors (Lipinski definition) is 4. The molecule has 1 aliphatic heterocycles. The molecular formula is C28H33N3O2S. The first kappa shape index (κ1) is 24.1. The van der Waals surface area contributed by atoms with Gasteiger partial charge in [0.2, 0.25) is 5.91 Å². The maximum atomic E-state index is 13.2. The molecule has 0 saturated carbocycles. The summed E-state index contributed by atoms with van der Waals surface area (Å²) in [5, 5.41) is 3.99. The largest absolute Gasteiger partial charge is 0.356 e. The number of hydrogen-bond donors (Lipinski definition) is 1. The Kier molecular flexibility index (Phi) is 8.12. The van der Waals surface area contributed by atoms with Crippen LogP contribution < -0.4 is 5.32 Å². The van der Waals surface area contributed by atoms with Crippen molar-refractivity contribution in [3.63, 3.8) is 0 Å². The van der Waals surface area contributed by atoms with Crippen LogP contribution in [0.25, 0.3) is 10.6 Å². The predicted molar refractivity (Wildman–Crippen MR) is 138 cm³/mol. The Balaban J connectivity index is 1.24. The molecule has 1 aromatic heterocycles. The second-order valence-electron chi connectivity index (χ2n) is 9.10. The summed E-state index contributed by atoms with van der Waals surface area (Å²) in [6.07, 6.45) is 3.62. The highest BCUT2D eigenvalue weighted by atomic mass is 32.1. The molecule has 1 saturated heterocycles. The van der Waals surface area contributed by atoms with E-state index in [9.17, 15) is 9.59 Å². The molecule has 0 bridgehead atoms. The maximum absolute atomic E-state index is 13.2. The van der Waals surface area contributed by atoms with Crippen molar-refractivity contribution in [2.45, 2.75) is 39.5 Å². The number of thiazole rings is 1. The molecule has 0 radical (unpaired) electrons. The molecule has 5 nitrogen and oxygen atoms in total. The van der Waals surface area contributed by atoms with Crippen LogP contribution in [0.4, 0.5) is 0 Å². The highest BCUT2D eigenvalue weighted by Gasteiger charge is 2.31. The van der Waals surface area contributed by atoms with Gasteiger partial charge in [-0.2, -0.15) is 0 Å². The van der Waals surface area contributed by atoms with Gasteiger partial charge in [-0.25, -0.2) is 4.98 Å². The fourth-order valence-electron chi connectivity index (χ4n) is 4.57. The van der Waals surface area contributed by atoms with Crippen LogP contribution in [0.5, 0.6) is 0 Å². The first-order chi connectivity index (χ1) is 16.5. The maximum Gasteiger partial charge on any atom is 0.265 e. The quantitative estimate of drug-likeness (QED) is 0.447. The normalized spacial score (nSPS) is 15.2. The Morgan fingerprint density at radius 2 is 1.71 bits per heavy atom. The molecule has 0 unspecified atom stereocenters. The van der Waals surface area contributed by atoms with E-state index in [0.29, 0.717) is 25.6 Å². The van der Waals surface area contributed by atoms with E-state index < -0.39 is 0 Å². The van der Waals surface area contributed by atoms with Crippen molar-refractivity contribution in [2.75, 3.05) is 19.6 Å². The number of piperidine rings is 1. The van der Waals surface area contributed by atoms with Gasteiger partial charge in [0.15, 0.2) is 0 Å². The Labute approximate surface area is 206 Å². The first-order valence-electron chi connectivity index (χ1n) is 12.2. The van der Waals surface area contributed by atoms with Gasteiger partial charge in [0.05, 0.1) is 5.69 Å². The zero-order chi connectivity index (χ0) is 23.9. The number of carbonyl (C=O) groups excluding carboxylic acids is 2. The van der Waals surface area contributed by atoms with Crippen LogP contribution in [-0.2, 0) is 11.2 Å². The number of aryl methyl sites for hydroxylation is 2. The molecule has 2 heterocycles. The van der Waals surface area contributed by atoms with Gasteiger partial charge in [0.1, 0.15) is 9.88 Å². The predicted octanol–water partition coefficient (Wildman–Crippen LogP) is 5.36. The number of nitrogens with zero attached hydrogens (tertiary/aromatic N) is 2. The van der Waals surface area contributed by atoms with E-state index in [2.05, 4.69) is 22.4 Å². The van der Waals surface area contributed by atoms with E-state index in [1.807, 2.05) is 67.3 Å². The van der Waals surface area contributed by atoms with E-state index in [1.54, 1.807) is 0 Å². The highest BCUT2D eigenvalue weighted by molar-refractivity contribution is 7.17. The smallest absolute Gasteiger partial charge is 0.265 e. The molecule has 178 valence electrons. The van der Waals surface area contributed by atoms with E-state index >= 15 is 0 Å². The monoisotopic (exact) mass is 475 g/mol. The van der Waals surface area contributed by atoms with Crippen molar-refractivity contribution in [1.29, 1.82) is 0 Å². The van der Waals surface area contributed by atoms with Crippen LogP contribution in [0.2, 0.25) is 0 Å². The van der Waals surface area contributed by atoms with Gasteiger partial charge < -0.3 is 10.2 Å². The van der Waals surface area contributed by atoms with Crippen LogP contribution in [0.15, 0.2) is 60.7 Å². The van der Waals surface area contributed by atoms with E-state index in [4.69, 9.17) is 0 Å². The third kappa shape index (κ3) is 5.92. The molecule has 2 amide bonds. The molecule has 3 aromatic rings. The molecule has 0 aliphatic carbocycles. The molecule has 1 aliphatic rings. The van der Waals surface area contributed by atoms with Crippen molar-refractivity contribution in [2.24, 2.45) is 11.8 Å². The minimum atomic E-state index is -0.0381. The number of aromatic nitrogens is 1. The first-order valence-corrected chi connectivity index (χ1v) is 13.0. The van der Waals surface area contributed by atoms with Crippen molar-refractivity contribution >= 4 is 23.2 Å². The van der Waals surface area contributed by atoms with Gasteiger partial charge in [-0.1, -0.05) is 67.6 Å². The SMILES string of the molecule is Cc1nc(-c2ccccc2)sc1C(=O)N1CCC([C@@H](C)C(=O)NCCCc2ccccc2)CC1. The van der Waals surface area contributed by atoms with Crippen molar-refractivity contribution in [1.82, 2.24) is 15.2 Å². The molecule has 34 heavy (non-hydrogen) atoms. The van der Waals surface area contributed by atoms with Gasteiger partial charge >= 0.3 is 0 Å². The average molecular weight is 476 g/mol. The molecule has 1 atom stereocenters. The Morgan fingerprint density at radius 3 is 2.38 bits per heavy atom. The van der Waals surface area contributed by atoms with Crippen molar-refractivity contribution in [3.8, 4) is 10.6 Å². The van der Waals surface area contributed by atoms with Gasteiger partial charge in [0, 0.05) is 31.1 Å². The summed E-state index contributed by atoms with van der Waals surface area (Å²) in [4.78, 5) is 33.1. The lowest BCUT2D eigenvalue weighted by Gasteiger charge is -2.34. The van der Waals surface area contributed by atoms with Gasteiger partial charge in [-0.05, 0) is 44.1 Å². The summed E-state index contributed by atoms with van der Waals surface area (Å²) in [7, 11) is 0. The third-order valence-electron chi connectivity index (χ3n) is 6.74. The number of rotatable bonds is 8. The topological polar surface area (TPSA) is 62.3 Å². The van der Waals surface area contributed by atoms with Crippen LogP contribution in [-0.4, -0.2) is 41.3 Å². The summed E-state index contributed by atoms with van der Waals surface area (Å²) >= 11 is 1.47. The Morgan fingerprint density at radius 1 is 1.06 bits per heavy atom. The Hall–Kier alpha value is -2.99. The number of carbonyl (C=O) groups is 2. The third-order valence-corrected chi connectivity index (χ3v) is 7.94. The molecule has 0 spiro atoms.